The normalized spacial score (nSPS) is 10.9. The molecule has 32 heavy (non-hydrogen) atoms. The third-order valence-electron chi connectivity index (χ3n) is 5.25. The summed E-state index contributed by atoms with van der Waals surface area (Å²) in [5, 5.41) is 3.85. The van der Waals surface area contributed by atoms with Crippen molar-refractivity contribution < 1.29 is 4.79 Å². The molecule has 0 aliphatic rings. The van der Waals surface area contributed by atoms with Crippen molar-refractivity contribution in [1.82, 2.24) is 15.3 Å². The smallest absolute Gasteiger partial charge is 0.230 e. The number of carbonyl (C=O) groups is 1. The molecule has 0 fully saturated rings. The van der Waals surface area contributed by atoms with E-state index in [2.05, 4.69) is 48.6 Å². The molecule has 162 valence electrons. The first kappa shape index (κ1) is 22.0. The summed E-state index contributed by atoms with van der Waals surface area (Å²) in [6, 6.07) is 26.7. The number of nitrogens with zero attached hydrogens (tertiary/aromatic N) is 2. The molecule has 0 atom stereocenters. The first-order valence-electron chi connectivity index (χ1n) is 10.9. The molecule has 1 N–H and O–H groups in total. The molecule has 1 heterocycles. The van der Waals surface area contributed by atoms with E-state index in [1.807, 2.05) is 42.5 Å². The maximum absolute atomic E-state index is 12.4. The van der Waals surface area contributed by atoms with Crippen molar-refractivity contribution in [3.63, 3.8) is 0 Å². The third-order valence-corrected chi connectivity index (χ3v) is 6.25. The number of hydrogen-bond acceptors (Lipinski definition) is 4. The Morgan fingerprint density at radius 2 is 1.53 bits per heavy atom. The number of fused-ring (bicyclic) bond motifs is 1. The molecule has 4 aromatic rings. The number of nitrogens with one attached hydrogen (secondary N) is 1. The van der Waals surface area contributed by atoms with E-state index >= 15 is 0 Å². The van der Waals surface area contributed by atoms with Gasteiger partial charge in [-0.2, -0.15) is 0 Å². The second-order valence-corrected chi connectivity index (χ2v) is 8.82. The Hall–Kier alpha value is -3.18. The molecule has 0 aliphatic carbocycles. The standard InChI is InChI=1S/C27H27N3OS/c1-20-13-15-22(16-14-20)18-25-27(30-24-12-6-5-11-23(24)29-25)32-19-26(31)28-17-7-10-21-8-3-2-4-9-21/h2-6,8-9,11-16H,7,10,17-19H2,1H3,(H,28,31). The largest absolute Gasteiger partial charge is 0.355 e. The molecule has 4 rings (SSSR count). The molecule has 1 amide bonds. The van der Waals surface area contributed by atoms with Crippen LogP contribution in [-0.2, 0) is 17.6 Å². The average Bonchev–Trinajstić information content (AvgIpc) is 2.82. The van der Waals surface area contributed by atoms with Crippen LogP contribution in [0.5, 0.6) is 0 Å². The Labute approximate surface area is 193 Å². The Morgan fingerprint density at radius 3 is 2.28 bits per heavy atom. The number of aryl methyl sites for hydroxylation is 2. The van der Waals surface area contributed by atoms with E-state index in [1.54, 1.807) is 0 Å². The second kappa shape index (κ2) is 10.9. The predicted molar refractivity (Wildman–Crippen MR) is 132 cm³/mol. The number of amides is 1. The van der Waals surface area contributed by atoms with Crippen molar-refractivity contribution in [3.8, 4) is 0 Å². The molecule has 1 aromatic heterocycles. The number of para-hydroxylation sites is 2. The number of carbonyl (C=O) groups excluding carboxylic acids is 1. The minimum Gasteiger partial charge on any atom is -0.355 e. The van der Waals surface area contributed by atoms with Gasteiger partial charge in [-0.05, 0) is 43.0 Å². The molecule has 0 aliphatic heterocycles. The molecule has 4 nitrogen and oxygen atoms in total. The maximum Gasteiger partial charge on any atom is 0.230 e. The minimum absolute atomic E-state index is 0.0271. The van der Waals surface area contributed by atoms with Gasteiger partial charge < -0.3 is 5.32 Å². The molecule has 5 heteroatoms. The van der Waals surface area contributed by atoms with Crippen LogP contribution in [0.4, 0.5) is 0 Å². The summed E-state index contributed by atoms with van der Waals surface area (Å²) in [5.41, 5.74) is 6.36. The van der Waals surface area contributed by atoms with Crippen molar-refractivity contribution >= 4 is 28.7 Å². The van der Waals surface area contributed by atoms with E-state index in [0.29, 0.717) is 18.7 Å². The molecular formula is C27H27N3OS. The van der Waals surface area contributed by atoms with E-state index in [1.165, 1.54) is 28.5 Å². The molecule has 0 bridgehead atoms. The van der Waals surface area contributed by atoms with Crippen LogP contribution >= 0.6 is 11.8 Å². The molecule has 0 radical (unpaired) electrons. The van der Waals surface area contributed by atoms with Gasteiger partial charge >= 0.3 is 0 Å². The van der Waals surface area contributed by atoms with E-state index in [9.17, 15) is 4.79 Å². The summed E-state index contributed by atoms with van der Waals surface area (Å²) < 4.78 is 0. The first-order valence-corrected chi connectivity index (χ1v) is 11.9. The minimum atomic E-state index is 0.0271. The van der Waals surface area contributed by atoms with E-state index in [-0.39, 0.29) is 5.91 Å². The highest BCUT2D eigenvalue weighted by Crippen LogP contribution is 2.24. The van der Waals surface area contributed by atoms with Crippen LogP contribution in [0.25, 0.3) is 11.0 Å². The fourth-order valence-electron chi connectivity index (χ4n) is 3.50. The average molecular weight is 442 g/mol. The zero-order chi connectivity index (χ0) is 22.2. The van der Waals surface area contributed by atoms with Gasteiger partial charge in [-0.1, -0.05) is 84.1 Å². The van der Waals surface area contributed by atoms with Gasteiger partial charge in [-0.15, -0.1) is 0 Å². The van der Waals surface area contributed by atoms with Crippen LogP contribution < -0.4 is 5.32 Å². The van der Waals surface area contributed by atoms with Crippen LogP contribution in [0.3, 0.4) is 0 Å². The number of hydrogen-bond donors (Lipinski definition) is 1. The van der Waals surface area contributed by atoms with Gasteiger partial charge in [0.1, 0.15) is 5.03 Å². The quantitative estimate of drug-likeness (QED) is 0.280. The van der Waals surface area contributed by atoms with Gasteiger partial charge in [0.15, 0.2) is 0 Å². The first-order chi connectivity index (χ1) is 15.7. The van der Waals surface area contributed by atoms with Crippen molar-refractivity contribution in [1.29, 1.82) is 0 Å². The van der Waals surface area contributed by atoms with Crippen molar-refractivity contribution in [2.75, 3.05) is 12.3 Å². The zero-order valence-electron chi connectivity index (χ0n) is 18.3. The Bertz CT molecular complexity index is 1180. The van der Waals surface area contributed by atoms with Crippen molar-refractivity contribution in [2.45, 2.75) is 31.2 Å². The Balaban J connectivity index is 1.38. The summed E-state index contributed by atoms with van der Waals surface area (Å²) in [4.78, 5) is 22.1. The second-order valence-electron chi connectivity index (χ2n) is 7.85. The Morgan fingerprint density at radius 1 is 0.844 bits per heavy atom. The number of aromatic nitrogens is 2. The van der Waals surface area contributed by atoms with E-state index < -0.39 is 0 Å². The lowest BCUT2D eigenvalue weighted by molar-refractivity contribution is -0.118. The molecule has 0 saturated carbocycles. The Kier molecular flexibility index (Phi) is 7.51. The van der Waals surface area contributed by atoms with Gasteiger partial charge in [0, 0.05) is 13.0 Å². The highest BCUT2D eigenvalue weighted by Gasteiger charge is 2.12. The monoisotopic (exact) mass is 441 g/mol. The van der Waals surface area contributed by atoms with E-state index in [0.717, 1.165) is 34.6 Å². The number of benzene rings is 3. The highest BCUT2D eigenvalue weighted by molar-refractivity contribution is 7.99. The van der Waals surface area contributed by atoms with Crippen LogP contribution in [-0.4, -0.2) is 28.2 Å². The highest BCUT2D eigenvalue weighted by atomic mass is 32.2. The lowest BCUT2D eigenvalue weighted by atomic mass is 10.1. The van der Waals surface area contributed by atoms with Gasteiger partial charge in [-0.25, -0.2) is 9.97 Å². The van der Waals surface area contributed by atoms with Gasteiger partial charge in [0.2, 0.25) is 5.91 Å². The van der Waals surface area contributed by atoms with Crippen LogP contribution in [0.1, 0.15) is 28.8 Å². The summed E-state index contributed by atoms with van der Waals surface area (Å²) in [5.74, 6) is 0.360. The lowest BCUT2D eigenvalue weighted by Crippen LogP contribution is -2.26. The van der Waals surface area contributed by atoms with Crippen molar-refractivity contribution in [2.24, 2.45) is 0 Å². The SMILES string of the molecule is Cc1ccc(Cc2nc3ccccc3nc2SCC(=O)NCCCc2ccccc2)cc1. The van der Waals surface area contributed by atoms with Gasteiger partial charge in [-0.3, -0.25) is 4.79 Å². The summed E-state index contributed by atoms with van der Waals surface area (Å²) in [6.45, 7) is 2.76. The van der Waals surface area contributed by atoms with E-state index in [4.69, 9.17) is 9.97 Å². The van der Waals surface area contributed by atoms with Gasteiger partial charge in [0.25, 0.3) is 0 Å². The summed E-state index contributed by atoms with van der Waals surface area (Å²) in [7, 11) is 0. The summed E-state index contributed by atoms with van der Waals surface area (Å²) >= 11 is 1.46. The van der Waals surface area contributed by atoms with Crippen LogP contribution in [0, 0.1) is 6.92 Å². The van der Waals surface area contributed by atoms with Crippen molar-refractivity contribution in [3.05, 3.63) is 101 Å². The van der Waals surface area contributed by atoms with Crippen LogP contribution in [0.2, 0.25) is 0 Å². The molecule has 0 unspecified atom stereocenters. The number of rotatable bonds is 9. The van der Waals surface area contributed by atoms with Crippen LogP contribution in [0.15, 0.2) is 83.9 Å². The number of thioether (sulfide) groups is 1. The molecular weight excluding hydrogens is 414 g/mol. The molecule has 0 spiro atoms. The zero-order valence-corrected chi connectivity index (χ0v) is 19.1. The molecule has 3 aromatic carbocycles. The summed E-state index contributed by atoms with van der Waals surface area (Å²) in [6.07, 6.45) is 2.58. The topological polar surface area (TPSA) is 54.9 Å². The lowest BCUT2D eigenvalue weighted by Gasteiger charge is -2.10. The van der Waals surface area contributed by atoms with Gasteiger partial charge in [0.05, 0.1) is 22.5 Å². The fraction of sp³-hybridized carbons (Fsp3) is 0.222. The molecule has 0 saturated heterocycles. The third kappa shape index (κ3) is 6.17. The predicted octanol–water partition coefficient (Wildman–Crippen LogP) is 5.37. The fourth-order valence-corrected chi connectivity index (χ4v) is 4.32. The maximum atomic E-state index is 12.4.